The minimum atomic E-state index is 0.700. The van der Waals surface area contributed by atoms with Crippen molar-refractivity contribution in [3.05, 3.63) is 41.0 Å². The van der Waals surface area contributed by atoms with E-state index < -0.39 is 0 Å². The summed E-state index contributed by atoms with van der Waals surface area (Å²) in [4.78, 5) is 0. The number of hydrogen-bond acceptors (Lipinski definition) is 0. The molecular weight excluding hydrogens is 168 g/mol. The zero-order valence-electron chi connectivity index (χ0n) is 9.09. The smallest absolute Gasteiger partial charge is 0.00546 e. The van der Waals surface area contributed by atoms with Gasteiger partial charge < -0.3 is 0 Å². The number of fused-ring (bicyclic) bond motifs is 1. The highest BCUT2D eigenvalue weighted by atomic mass is 14.2. The zero-order chi connectivity index (χ0) is 9.97. The fraction of sp³-hybridized carbons (Fsp3) is 0.429. The summed E-state index contributed by atoms with van der Waals surface area (Å²) in [5, 5.41) is 0. The fourth-order valence-electron chi connectivity index (χ4n) is 2.34. The van der Waals surface area contributed by atoms with E-state index in [4.69, 9.17) is 0 Å². The monoisotopic (exact) mass is 186 g/mol. The molecule has 0 aliphatic heterocycles. The van der Waals surface area contributed by atoms with Gasteiger partial charge in [-0.2, -0.15) is 0 Å². The van der Waals surface area contributed by atoms with Crippen LogP contribution in [0.25, 0.3) is 6.08 Å². The van der Waals surface area contributed by atoms with Crippen molar-refractivity contribution in [1.29, 1.82) is 0 Å². The van der Waals surface area contributed by atoms with E-state index in [9.17, 15) is 0 Å². The second kappa shape index (κ2) is 4.00. The average molecular weight is 186 g/mol. The molecule has 1 unspecified atom stereocenters. The van der Waals surface area contributed by atoms with Gasteiger partial charge >= 0.3 is 0 Å². The minimum Gasteiger partial charge on any atom is -0.0654 e. The molecule has 0 saturated carbocycles. The average Bonchev–Trinajstić information content (AvgIpc) is 2.51. The SMILES string of the molecule is CCCCC1C(C)=Cc2ccccc21. The van der Waals surface area contributed by atoms with Crippen molar-refractivity contribution < 1.29 is 0 Å². The van der Waals surface area contributed by atoms with Crippen molar-refractivity contribution in [1.82, 2.24) is 0 Å². The maximum atomic E-state index is 2.34. The van der Waals surface area contributed by atoms with E-state index in [1.54, 1.807) is 11.1 Å². The van der Waals surface area contributed by atoms with Gasteiger partial charge in [0, 0.05) is 5.92 Å². The van der Waals surface area contributed by atoms with Crippen LogP contribution in [0.3, 0.4) is 0 Å². The van der Waals surface area contributed by atoms with E-state index in [1.807, 2.05) is 0 Å². The van der Waals surface area contributed by atoms with Crippen LogP contribution in [-0.2, 0) is 0 Å². The molecule has 0 saturated heterocycles. The lowest BCUT2D eigenvalue weighted by Crippen LogP contribution is -1.96. The second-order valence-corrected chi connectivity index (χ2v) is 4.21. The van der Waals surface area contributed by atoms with Crippen LogP contribution < -0.4 is 0 Å². The van der Waals surface area contributed by atoms with Crippen molar-refractivity contribution in [2.45, 2.75) is 39.0 Å². The number of benzene rings is 1. The van der Waals surface area contributed by atoms with Gasteiger partial charge in [0.25, 0.3) is 0 Å². The van der Waals surface area contributed by atoms with Crippen LogP contribution in [0.5, 0.6) is 0 Å². The summed E-state index contributed by atoms with van der Waals surface area (Å²) >= 11 is 0. The third-order valence-corrected chi connectivity index (χ3v) is 3.15. The van der Waals surface area contributed by atoms with Gasteiger partial charge in [0.1, 0.15) is 0 Å². The summed E-state index contributed by atoms with van der Waals surface area (Å²) in [6.07, 6.45) is 6.29. The first-order valence-electron chi connectivity index (χ1n) is 5.60. The normalized spacial score (nSPS) is 19.3. The molecule has 0 spiro atoms. The Kier molecular flexibility index (Phi) is 2.72. The number of allylic oxidation sites excluding steroid dienone is 1. The van der Waals surface area contributed by atoms with E-state index in [-0.39, 0.29) is 0 Å². The van der Waals surface area contributed by atoms with Crippen LogP contribution in [0.4, 0.5) is 0 Å². The molecule has 1 atom stereocenters. The van der Waals surface area contributed by atoms with Gasteiger partial charge in [-0.15, -0.1) is 0 Å². The predicted molar refractivity (Wildman–Crippen MR) is 62.4 cm³/mol. The van der Waals surface area contributed by atoms with Gasteiger partial charge in [-0.1, -0.05) is 55.7 Å². The number of unbranched alkanes of at least 4 members (excludes halogenated alkanes) is 1. The maximum Gasteiger partial charge on any atom is 0.00546 e. The number of rotatable bonds is 3. The molecule has 0 bridgehead atoms. The molecule has 1 aromatic carbocycles. The summed E-state index contributed by atoms with van der Waals surface area (Å²) in [5.74, 6) is 0.700. The Morgan fingerprint density at radius 3 is 2.79 bits per heavy atom. The number of hydrogen-bond donors (Lipinski definition) is 0. The van der Waals surface area contributed by atoms with Gasteiger partial charge in [0.15, 0.2) is 0 Å². The molecule has 1 aliphatic carbocycles. The minimum absolute atomic E-state index is 0.700. The molecule has 0 N–H and O–H groups in total. The third-order valence-electron chi connectivity index (χ3n) is 3.15. The molecule has 0 aromatic heterocycles. The Balaban J connectivity index is 2.23. The Hall–Kier alpha value is -1.04. The summed E-state index contributed by atoms with van der Waals surface area (Å²) < 4.78 is 0. The molecule has 14 heavy (non-hydrogen) atoms. The molecule has 0 radical (unpaired) electrons. The quantitative estimate of drug-likeness (QED) is 0.657. The topological polar surface area (TPSA) is 0 Å². The summed E-state index contributed by atoms with van der Waals surface area (Å²) in [7, 11) is 0. The predicted octanol–water partition coefficient (Wildman–Crippen LogP) is 4.38. The van der Waals surface area contributed by atoms with Gasteiger partial charge in [0.05, 0.1) is 0 Å². The first kappa shape index (κ1) is 9.51. The fourth-order valence-corrected chi connectivity index (χ4v) is 2.34. The summed E-state index contributed by atoms with van der Waals surface area (Å²) in [5.41, 5.74) is 4.52. The molecule has 0 nitrogen and oxygen atoms in total. The third kappa shape index (κ3) is 1.61. The van der Waals surface area contributed by atoms with E-state index in [1.165, 1.54) is 24.8 Å². The molecule has 74 valence electrons. The van der Waals surface area contributed by atoms with Gasteiger partial charge in [0.2, 0.25) is 0 Å². The van der Waals surface area contributed by atoms with Gasteiger partial charge in [-0.25, -0.2) is 0 Å². The second-order valence-electron chi connectivity index (χ2n) is 4.21. The van der Waals surface area contributed by atoms with E-state index >= 15 is 0 Å². The van der Waals surface area contributed by atoms with Gasteiger partial charge in [-0.05, 0) is 24.5 Å². The van der Waals surface area contributed by atoms with E-state index in [0.29, 0.717) is 5.92 Å². The molecule has 0 heterocycles. The lowest BCUT2D eigenvalue weighted by Gasteiger charge is -2.13. The van der Waals surface area contributed by atoms with Crippen molar-refractivity contribution in [3.8, 4) is 0 Å². The molecule has 0 heteroatoms. The molecule has 2 rings (SSSR count). The lowest BCUT2D eigenvalue weighted by atomic mass is 9.91. The highest BCUT2D eigenvalue weighted by molar-refractivity contribution is 5.65. The molecule has 1 aromatic rings. The lowest BCUT2D eigenvalue weighted by molar-refractivity contribution is 0.650. The van der Waals surface area contributed by atoms with Crippen LogP contribution in [0, 0.1) is 0 Å². The highest BCUT2D eigenvalue weighted by Gasteiger charge is 2.20. The Labute approximate surface area is 86.7 Å². The van der Waals surface area contributed by atoms with Crippen LogP contribution in [-0.4, -0.2) is 0 Å². The zero-order valence-corrected chi connectivity index (χ0v) is 9.09. The summed E-state index contributed by atoms with van der Waals surface area (Å²) in [6.45, 7) is 4.53. The maximum absolute atomic E-state index is 2.34. The van der Waals surface area contributed by atoms with Crippen LogP contribution in [0.1, 0.15) is 50.2 Å². The molecular formula is C14H18. The van der Waals surface area contributed by atoms with Crippen molar-refractivity contribution in [3.63, 3.8) is 0 Å². The standard InChI is InChI=1S/C14H18/c1-3-4-8-13-11(2)10-12-7-5-6-9-14(12)13/h5-7,9-10,13H,3-4,8H2,1-2H3. The largest absolute Gasteiger partial charge is 0.0654 e. The molecule has 1 aliphatic rings. The van der Waals surface area contributed by atoms with Crippen molar-refractivity contribution in [2.75, 3.05) is 0 Å². The van der Waals surface area contributed by atoms with Crippen LogP contribution in [0.2, 0.25) is 0 Å². The van der Waals surface area contributed by atoms with E-state index in [0.717, 1.165) is 0 Å². The summed E-state index contributed by atoms with van der Waals surface area (Å²) in [6, 6.07) is 8.79. The highest BCUT2D eigenvalue weighted by Crippen LogP contribution is 2.38. The Morgan fingerprint density at radius 1 is 1.21 bits per heavy atom. The van der Waals surface area contributed by atoms with Crippen molar-refractivity contribution in [2.24, 2.45) is 0 Å². The van der Waals surface area contributed by atoms with Gasteiger partial charge in [-0.3, -0.25) is 0 Å². The van der Waals surface area contributed by atoms with Crippen molar-refractivity contribution >= 4 is 6.08 Å². The first-order valence-corrected chi connectivity index (χ1v) is 5.60. The Morgan fingerprint density at radius 2 is 2.00 bits per heavy atom. The molecule has 0 fully saturated rings. The van der Waals surface area contributed by atoms with Crippen LogP contribution in [0.15, 0.2) is 29.8 Å². The van der Waals surface area contributed by atoms with E-state index in [2.05, 4.69) is 44.2 Å². The Bertz CT molecular complexity index is 347. The van der Waals surface area contributed by atoms with Crippen LogP contribution >= 0.6 is 0 Å². The molecule has 0 amide bonds. The first-order chi connectivity index (χ1) is 6.83.